The molecule has 1 saturated carbocycles. The van der Waals surface area contributed by atoms with Crippen molar-refractivity contribution < 1.29 is 15.0 Å². The molecule has 0 radical (unpaired) electrons. The zero-order valence-corrected chi connectivity index (χ0v) is 7.36. The number of hydrogen-bond donors (Lipinski definition) is 2. The van der Waals surface area contributed by atoms with Gasteiger partial charge in [0.1, 0.15) is 0 Å². The van der Waals surface area contributed by atoms with Gasteiger partial charge in [0.25, 0.3) is 0 Å². The van der Waals surface area contributed by atoms with Crippen molar-refractivity contribution in [3.05, 3.63) is 0 Å². The van der Waals surface area contributed by atoms with Crippen LogP contribution in [0, 0.1) is 11.8 Å². The van der Waals surface area contributed by atoms with E-state index in [4.69, 9.17) is 5.11 Å². The van der Waals surface area contributed by atoms with E-state index in [-0.39, 0.29) is 18.4 Å². The van der Waals surface area contributed by atoms with Gasteiger partial charge in [-0.1, -0.05) is 6.92 Å². The van der Waals surface area contributed by atoms with Gasteiger partial charge >= 0.3 is 5.97 Å². The van der Waals surface area contributed by atoms with E-state index in [1.807, 2.05) is 6.92 Å². The van der Waals surface area contributed by atoms with Crippen LogP contribution < -0.4 is 0 Å². The fourth-order valence-electron chi connectivity index (χ4n) is 1.96. The van der Waals surface area contributed by atoms with Crippen LogP contribution in [0.25, 0.3) is 0 Å². The Morgan fingerprint density at radius 3 is 2.67 bits per heavy atom. The number of carbonyl (C=O) groups is 1. The summed E-state index contributed by atoms with van der Waals surface area (Å²) in [7, 11) is 0. The Bertz CT molecular complexity index is 167. The molecule has 3 nitrogen and oxygen atoms in total. The zero-order chi connectivity index (χ0) is 9.14. The Balaban J connectivity index is 2.39. The maximum absolute atomic E-state index is 10.4. The first-order chi connectivity index (χ1) is 5.59. The molecule has 3 atom stereocenters. The van der Waals surface area contributed by atoms with Crippen LogP contribution in [0.1, 0.15) is 32.6 Å². The van der Waals surface area contributed by atoms with Crippen LogP contribution in [0.4, 0.5) is 0 Å². The Morgan fingerprint density at radius 1 is 1.50 bits per heavy atom. The summed E-state index contributed by atoms with van der Waals surface area (Å²) in [6.45, 7) is 2.02. The summed E-state index contributed by atoms with van der Waals surface area (Å²) in [6, 6.07) is 0. The van der Waals surface area contributed by atoms with Gasteiger partial charge in [-0.25, -0.2) is 0 Å². The average Bonchev–Trinajstić information content (AvgIpc) is 1.94. The molecule has 0 aromatic heterocycles. The molecule has 0 aliphatic heterocycles. The lowest BCUT2D eigenvalue weighted by Gasteiger charge is -2.30. The zero-order valence-electron chi connectivity index (χ0n) is 7.36. The van der Waals surface area contributed by atoms with Crippen molar-refractivity contribution in [1.29, 1.82) is 0 Å². The Labute approximate surface area is 72.4 Å². The van der Waals surface area contributed by atoms with Crippen LogP contribution in [0.3, 0.4) is 0 Å². The van der Waals surface area contributed by atoms with Crippen LogP contribution >= 0.6 is 0 Å². The number of carboxylic acids is 1. The molecule has 1 aliphatic rings. The van der Waals surface area contributed by atoms with E-state index in [1.165, 1.54) is 0 Å². The number of aliphatic hydroxyl groups excluding tert-OH is 1. The number of rotatable bonds is 2. The van der Waals surface area contributed by atoms with Gasteiger partial charge < -0.3 is 10.2 Å². The van der Waals surface area contributed by atoms with E-state index in [2.05, 4.69) is 0 Å². The number of hydrogen-bond acceptors (Lipinski definition) is 2. The first-order valence-corrected chi connectivity index (χ1v) is 4.49. The third kappa shape index (κ3) is 2.48. The molecule has 1 fully saturated rings. The Hall–Kier alpha value is -0.570. The minimum atomic E-state index is -0.719. The second kappa shape index (κ2) is 3.90. The lowest BCUT2D eigenvalue weighted by molar-refractivity contribution is -0.139. The van der Waals surface area contributed by atoms with Gasteiger partial charge in [0.2, 0.25) is 0 Å². The van der Waals surface area contributed by atoms with Crippen LogP contribution in [-0.2, 0) is 4.79 Å². The van der Waals surface area contributed by atoms with E-state index >= 15 is 0 Å². The minimum Gasteiger partial charge on any atom is -0.481 e. The van der Waals surface area contributed by atoms with Crippen LogP contribution in [-0.4, -0.2) is 22.3 Å². The van der Waals surface area contributed by atoms with Gasteiger partial charge in [-0.2, -0.15) is 0 Å². The highest BCUT2D eigenvalue weighted by molar-refractivity contribution is 5.67. The van der Waals surface area contributed by atoms with E-state index in [0.717, 1.165) is 19.3 Å². The van der Waals surface area contributed by atoms with Crippen molar-refractivity contribution in [2.75, 3.05) is 0 Å². The lowest BCUT2D eigenvalue weighted by Crippen LogP contribution is -2.27. The molecule has 0 saturated heterocycles. The minimum absolute atomic E-state index is 0.204. The molecule has 0 bridgehead atoms. The lowest BCUT2D eigenvalue weighted by atomic mass is 9.77. The fourth-order valence-corrected chi connectivity index (χ4v) is 1.96. The van der Waals surface area contributed by atoms with Gasteiger partial charge in [-0.15, -0.1) is 0 Å². The van der Waals surface area contributed by atoms with Crippen molar-refractivity contribution in [1.82, 2.24) is 0 Å². The predicted molar refractivity (Wildman–Crippen MR) is 44.8 cm³/mol. The Kier molecular flexibility index (Phi) is 3.09. The average molecular weight is 172 g/mol. The van der Waals surface area contributed by atoms with Crippen molar-refractivity contribution in [2.24, 2.45) is 11.8 Å². The van der Waals surface area contributed by atoms with E-state index in [0.29, 0.717) is 5.92 Å². The number of aliphatic carboxylic acids is 1. The van der Waals surface area contributed by atoms with Crippen LogP contribution in [0.15, 0.2) is 0 Å². The third-order valence-corrected chi connectivity index (χ3v) is 2.76. The summed E-state index contributed by atoms with van der Waals surface area (Å²) in [6.07, 6.45) is 2.44. The second-order valence-electron chi connectivity index (χ2n) is 3.80. The molecule has 70 valence electrons. The first-order valence-electron chi connectivity index (χ1n) is 4.49. The molecular formula is C9H16O3. The van der Waals surface area contributed by atoms with Gasteiger partial charge in [0.05, 0.1) is 6.10 Å². The highest BCUT2D eigenvalue weighted by atomic mass is 16.4. The molecular weight excluding hydrogens is 156 g/mol. The van der Waals surface area contributed by atoms with Crippen LogP contribution in [0.5, 0.6) is 0 Å². The molecule has 1 aliphatic carbocycles. The van der Waals surface area contributed by atoms with E-state index in [9.17, 15) is 9.90 Å². The molecule has 3 unspecified atom stereocenters. The highest BCUT2D eigenvalue weighted by Gasteiger charge is 2.27. The fraction of sp³-hybridized carbons (Fsp3) is 0.889. The van der Waals surface area contributed by atoms with E-state index < -0.39 is 5.97 Å². The van der Waals surface area contributed by atoms with Gasteiger partial charge in [-0.05, 0) is 31.1 Å². The molecule has 2 N–H and O–H groups in total. The van der Waals surface area contributed by atoms with Crippen molar-refractivity contribution in [3.63, 3.8) is 0 Å². The SMILES string of the molecule is CC1CC(O)CCC1CC(=O)O. The standard InChI is InChI=1S/C9H16O3/c1-6-4-8(10)3-2-7(6)5-9(11)12/h6-8,10H,2-5H2,1H3,(H,11,12). The quantitative estimate of drug-likeness (QED) is 0.659. The largest absolute Gasteiger partial charge is 0.481 e. The topological polar surface area (TPSA) is 57.5 Å². The maximum Gasteiger partial charge on any atom is 0.303 e. The third-order valence-electron chi connectivity index (χ3n) is 2.76. The highest BCUT2D eigenvalue weighted by Crippen LogP contribution is 2.31. The number of carboxylic acid groups (broad SMARTS) is 1. The smallest absolute Gasteiger partial charge is 0.303 e. The van der Waals surface area contributed by atoms with Crippen molar-refractivity contribution in [2.45, 2.75) is 38.7 Å². The Morgan fingerprint density at radius 2 is 2.17 bits per heavy atom. The summed E-state index contributed by atoms with van der Waals surface area (Å²) in [5.74, 6) is -0.0982. The summed E-state index contributed by atoms with van der Waals surface area (Å²) >= 11 is 0. The normalized spacial score (nSPS) is 36.3. The molecule has 12 heavy (non-hydrogen) atoms. The second-order valence-corrected chi connectivity index (χ2v) is 3.80. The van der Waals surface area contributed by atoms with Crippen molar-refractivity contribution >= 4 is 5.97 Å². The summed E-state index contributed by atoms with van der Waals surface area (Å²) in [5, 5.41) is 17.9. The molecule has 0 heterocycles. The summed E-state index contributed by atoms with van der Waals surface area (Å²) in [4.78, 5) is 10.4. The molecule has 3 heteroatoms. The molecule has 0 spiro atoms. The van der Waals surface area contributed by atoms with Gasteiger partial charge in [0.15, 0.2) is 0 Å². The molecule has 0 aromatic carbocycles. The maximum atomic E-state index is 10.4. The summed E-state index contributed by atoms with van der Waals surface area (Å²) < 4.78 is 0. The predicted octanol–water partition coefficient (Wildman–Crippen LogP) is 1.26. The first kappa shape index (κ1) is 9.52. The monoisotopic (exact) mass is 172 g/mol. The van der Waals surface area contributed by atoms with Gasteiger partial charge in [-0.3, -0.25) is 4.79 Å². The molecule has 0 amide bonds. The van der Waals surface area contributed by atoms with E-state index in [1.54, 1.807) is 0 Å². The van der Waals surface area contributed by atoms with Crippen LogP contribution in [0.2, 0.25) is 0 Å². The number of aliphatic hydroxyl groups is 1. The molecule has 1 rings (SSSR count). The van der Waals surface area contributed by atoms with Gasteiger partial charge in [0, 0.05) is 6.42 Å². The summed E-state index contributed by atoms with van der Waals surface area (Å²) in [5.41, 5.74) is 0. The van der Waals surface area contributed by atoms with Crippen molar-refractivity contribution in [3.8, 4) is 0 Å². The molecule has 0 aromatic rings.